The van der Waals surface area contributed by atoms with Gasteiger partial charge in [0.1, 0.15) is 0 Å². The molecule has 0 aromatic carbocycles. The molecule has 1 aliphatic carbocycles. The third kappa shape index (κ3) is 2.12. The Bertz CT molecular complexity index is 580. The van der Waals surface area contributed by atoms with Gasteiger partial charge in [0, 0.05) is 28.8 Å². The van der Waals surface area contributed by atoms with Gasteiger partial charge in [0.15, 0.2) is 13.5 Å². The number of carboxylic acids is 1. The van der Waals surface area contributed by atoms with E-state index in [4.69, 9.17) is 0 Å². The van der Waals surface area contributed by atoms with E-state index in [0.717, 1.165) is 17.8 Å². The molecule has 106 valence electrons. The molecule has 2 heterocycles. The van der Waals surface area contributed by atoms with Crippen molar-refractivity contribution < 1.29 is 14.7 Å². The van der Waals surface area contributed by atoms with Crippen molar-refractivity contribution in [3.05, 3.63) is 17.5 Å². The lowest BCUT2D eigenvalue weighted by Crippen LogP contribution is -2.49. The fourth-order valence-electron chi connectivity index (χ4n) is 2.65. The number of hydrogen-bond donors (Lipinski definition) is 3. The summed E-state index contributed by atoms with van der Waals surface area (Å²) in [5.74, 6) is -1.64. The van der Waals surface area contributed by atoms with Gasteiger partial charge in [-0.15, -0.1) is 0 Å². The average molecular weight is 388 g/mol. The van der Waals surface area contributed by atoms with Crippen LogP contribution in [0.2, 0.25) is 0 Å². The Labute approximate surface area is 130 Å². The number of aromatic amines is 1. The highest BCUT2D eigenvalue weighted by Crippen LogP contribution is 2.44. The fraction of sp³-hybridized carbons (Fsp3) is 0.545. The number of carbonyl (C=O) groups is 2. The fourth-order valence-corrected chi connectivity index (χ4v) is 3.77. The highest BCUT2D eigenvalue weighted by atomic mass is 127. The molecule has 1 saturated carbocycles. The van der Waals surface area contributed by atoms with E-state index < -0.39 is 17.4 Å². The lowest BCUT2D eigenvalue weighted by atomic mass is 9.93. The van der Waals surface area contributed by atoms with Gasteiger partial charge in [-0.1, -0.05) is 22.6 Å². The maximum Gasteiger partial charge on any atom is 0.330 e. The largest absolute Gasteiger partial charge is 0.479 e. The quantitative estimate of drug-likeness (QED) is 0.351. The maximum atomic E-state index is 12.5. The van der Waals surface area contributed by atoms with Crippen molar-refractivity contribution in [3.63, 3.8) is 0 Å². The average Bonchev–Trinajstić information content (AvgIpc) is 2.83. The van der Waals surface area contributed by atoms with Crippen molar-refractivity contribution >= 4 is 42.4 Å². The first-order chi connectivity index (χ1) is 9.44. The van der Waals surface area contributed by atoms with E-state index in [1.807, 2.05) is 12.8 Å². The number of fused-ring (bicyclic) bond motifs is 1. The van der Waals surface area contributed by atoms with Crippen LogP contribution in [-0.4, -0.2) is 56.0 Å². The number of aliphatic carboxylic acids is 1. The van der Waals surface area contributed by atoms with Gasteiger partial charge in [-0.2, -0.15) is 5.10 Å². The molecule has 1 unspecified atom stereocenters. The smallest absolute Gasteiger partial charge is 0.330 e. The Balaban J connectivity index is 1.81. The van der Waals surface area contributed by atoms with Gasteiger partial charge in [-0.3, -0.25) is 9.89 Å². The number of H-pyrrole nitrogens is 1. The van der Waals surface area contributed by atoms with Gasteiger partial charge in [0.25, 0.3) is 0 Å². The summed E-state index contributed by atoms with van der Waals surface area (Å²) in [6.45, 7) is 1.29. The van der Waals surface area contributed by atoms with Gasteiger partial charge >= 0.3 is 5.97 Å². The molecule has 3 rings (SSSR count). The third-order valence-corrected chi connectivity index (χ3v) is 5.44. The Morgan fingerprint density at radius 3 is 2.95 bits per heavy atom. The molecule has 0 radical (unpaired) electrons. The zero-order chi connectivity index (χ0) is 14.5. The molecule has 3 atom stereocenters. The molecule has 1 aliphatic heterocycles. The third-order valence-electron chi connectivity index (χ3n) is 3.94. The Hall–Kier alpha value is -1.10. The predicted molar refractivity (Wildman–Crippen MR) is 81.2 cm³/mol. The van der Waals surface area contributed by atoms with E-state index in [-0.39, 0.29) is 9.83 Å². The van der Waals surface area contributed by atoms with Crippen LogP contribution in [0.5, 0.6) is 0 Å². The number of halogens is 1. The molecule has 1 aromatic heterocycles. The lowest BCUT2D eigenvalue weighted by molar-refractivity contribution is -0.143. The highest BCUT2D eigenvalue weighted by molar-refractivity contribution is 14.1. The molecule has 20 heavy (non-hydrogen) atoms. The van der Waals surface area contributed by atoms with Crippen LogP contribution in [0, 0.1) is 0 Å². The molecule has 0 spiro atoms. The summed E-state index contributed by atoms with van der Waals surface area (Å²) in [5.41, 5.74) is 0.626. The standard InChI is InChI=1S/C11H14BIN4O3/c12-17-3-5-2-14-16-8(5)6(4-17)9(18)15-11(10(19)20)1-7(11)13/h2,6-7H,1,3-4,12H2,(H,14,16)(H,15,18)(H,19,20)/t6?,7-,11-/m1/s1. The van der Waals surface area contributed by atoms with Crippen molar-refractivity contribution in [3.8, 4) is 0 Å². The predicted octanol–water partition coefficient (Wildman–Crippen LogP) is -0.996. The summed E-state index contributed by atoms with van der Waals surface area (Å²) in [6, 6.07) is 0. The van der Waals surface area contributed by atoms with Gasteiger partial charge in [-0.05, 0) is 6.42 Å². The van der Waals surface area contributed by atoms with E-state index in [1.165, 1.54) is 0 Å². The van der Waals surface area contributed by atoms with Crippen LogP contribution >= 0.6 is 22.6 Å². The van der Waals surface area contributed by atoms with Crippen LogP contribution in [0.25, 0.3) is 0 Å². The number of nitrogens with one attached hydrogen (secondary N) is 2. The second-order valence-electron chi connectivity index (χ2n) is 5.48. The van der Waals surface area contributed by atoms with Crippen LogP contribution in [0.15, 0.2) is 6.20 Å². The van der Waals surface area contributed by atoms with E-state index in [0.29, 0.717) is 13.0 Å². The summed E-state index contributed by atoms with van der Waals surface area (Å²) in [6.07, 6.45) is 2.26. The second-order valence-corrected chi connectivity index (χ2v) is 6.99. The first kappa shape index (κ1) is 13.9. The second kappa shape index (κ2) is 4.73. The molecular formula is C11H14BIN4O3. The monoisotopic (exact) mass is 388 g/mol. The summed E-state index contributed by atoms with van der Waals surface area (Å²) < 4.78 is -0.0541. The topological polar surface area (TPSA) is 98.3 Å². The number of carbonyl (C=O) groups excluding carboxylic acids is 1. The number of carboxylic acid groups (broad SMARTS) is 1. The first-order valence-electron chi connectivity index (χ1n) is 6.34. The summed E-state index contributed by atoms with van der Waals surface area (Å²) >= 11 is 2.06. The van der Waals surface area contributed by atoms with E-state index in [1.54, 1.807) is 6.20 Å². The van der Waals surface area contributed by atoms with E-state index >= 15 is 0 Å². The molecule has 1 aromatic rings. The number of alkyl halides is 1. The number of aromatic nitrogens is 2. The number of nitrogens with zero attached hydrogens (tertiary/aromatic N) is 2. The molecule has 0 bridgehead atoms. The molecule has 1 fully saturated rings. The molecule has 0 saturated heterocycles. The summed E-state index contributed by atoms with van der Waals surface area (Å²) in [4.78, 5) is 25.8. The van der Waals surface area contributed by atoms with Crippen molar-refractivity contribution in [2.75, 3.05) is 6.54 Å². The van der Waals surface area contributed by atoms with Crippen LogP contribution in [0.3, 0.4) is 0 Å². The number of amides is 1. The normalized spacial score (nSPS) is 32.5. The molecular weight excluding hydrogens is 374 g/mol. The molecule has 3 N–H and O–H groups in total. The van der Waals surface area contributed by atoms with E-state index in [2.05, 4.69) is 38.1 Å². The summed E-state index contributed by atoms with van der Waals surface area (Å²) in [5, 5.41) is 18.9. The van der Waals surface area contributed by atoms with Gasteiger partial charge in [-0.25, -0.2) is 4.79 Å². The SMILES string of the molecule is BN1Cc2c[nH]nc2C(C(=O)N[C@]2(C(=O)O)C[C@H]2I)C1. The zero-order valence-electron chi connectivity index (χ0n) is 10.9. The van der Waals surface area contributed by atoms with Crippen molar-refractivity contribution in [1.29, 1.82) is 0 Å². The van der Waals surface area contributed by atoms with Crippen LogP contribution < -0.4 is 5.32 Å². The first-order valence-corrected chi connectivity index (χ1v) is 7.59. The maximum absolute atomic E-state index is 12.5. The molecule has 2 aliphatic rings. The minimum absolute atomic E-state index is 0.0541. The zero-order valence-corrected chi connectivity index (χ0v) is 13.0. The number of rotatable bonds is 3. The minimum atomic E-state index is -1.09. The number of hydrogen-bond acceptors (Lipinski definition) is 4. The molecule has 7 nitrogen and oxygen atoms in total. The summed E-state index contributed by atoms with van der Waals surface area (Å²) in [7, 11) is 1.93. The van der Waals surface area contributed by atoms with Gasteiger partial charge < -0.3 is 15.2 Å². The lowest BCUT2D eigenvalue weighted by Gasteiger charge is -2.29. The Morgan fingerprint density at radius 1 is 1.65 bits per heavy atom. The minimum Gasteiger partial charge on any atom is -0.479 e. The van der Waals surface area contributed by atoms with Crippen LogP contribution in [0.1, 0.15) is 23.6 Å². The van der Waals surface area contributed by atoms with Gasteiger partial charge in [0.2, 0.25) is 5.91 Å². The van der Waals surface area contributed by atoms with Gasteiger partial charge in [0.05, 0.1) is 11.6 Å². The Morgan fingerprint density at radius 2 is 2.35 bits per heavy atom. The molecule has 9 heteroatoms. The van der Waals surface area contributed by atoms with Crippen molar-refractivity contribution in [2.24, 2.45) is 0 Å². The molecule has 1 amide bonds. The highest BCUT2D eigenvalue weighted by Gasteiger charge is 2.61. The van der Waals surface area contributed by atoms with Crippen LogP contribution in [-0.2, 0) is 16.1 Å². The van der Waals surface area contributed by atoms with E-state index in [9.17, 15) is 14.7 Å². The van der Waals surface area contributed by atoms with Crippen LogP contribution in [0.4, 0.5) is 0 Å². The van der Waals surface area contributed by atoms with Crippen molar-refractivity contribution in [2.45, 2.75) is 28.3 Å². The van der Waals surface area contributed by atoms with Crippen molar-refractivity contribution in [1.82, 2.24) is 20.3 Å². The Kier molecular flexibility index (Phi) is 3.28.